The van der Waals surface area contributed by atoms with Crippen molar-refractivity contribution in [3.05, 3.63) is 0 Å². The summed E-state index contributed by atoms with van der Waals surface area (Å²) in [4.78, 5) is 0. The van der Waals surface area contributed by atoms with E-state index in [1.165, 1.54) is 25.5 Å². The molecule has 4 heteroatoms. The van der Waals surface area contributed by atoms with Crippen LogP contribution < -0.4 is 5.32 Å². The Morgan fingerprint density at radius 1 is 1.16 bits per heavy atom. The van der Waals surface area contributed by atoms with E-state index in [0.29, 0.717) is 17.9 Å². The molecule has 112 valence electrons. The van der Waals surface area contributed by atoms with Gasteiger partial charge in [0.25, 0.3) is 0 Å². The van der Waals surface area contributed by atoms with Gasteiger partial charge >= 0.3 is 0 Å². The lowest BCUT2D eigenvalue weighted by atomic mass is 9.77. The SMILES string of the molecule is CCNC(C1CCCC(S(C)(=O)=O)C1)C(C)C1CC1. The van der Waals surface area contributed by atoms with Gasteiger partial charge in [0.2, 0.25) is 0 Å². The van der Waals surface area contributed by atoms with Crippen molar-refractivity contribution in [2.45, 2.75) is 63.7 Å². The molecule has 2 aliphatic rings. The predicted molar refractivity (Wildman–Crippen MR) is 79.9 cm³/mol. The second kappa shape index (κ2) is 6.13. The minimum atomic E-state index is -2.87. The first kappa shape index (κ1) is 15.3. The highest BCUT2D eigenvalue weighted by Gasteiger charge is 2.39. The maximum Gasteiger partial charge on any atom is 0.150 e. The Bertz CT molecular complexity index is 389. The molecular formula is C15H29NO2S. The van der Waals surface area contributed by atoms with E-state index in [1.807, 2.05) is 0 Å². The van der Waals surface area contributed by atoms with Gasteiger partial charge in [-0.05, 0) is 56.4 Å². The Labute approximate surface area is 118 Å². The summed E-state index contributed by atoms with van der Waals surface area (Å²) >= 11 is 0. The molecule has 19 heavy (non-hydrogen) atoms. The highest BCUT2D eigenvalue weighted by atomic mass is 32.2. The third kappa shape index (κ3) is 3.94. The maximum absolute atomic E-state index is 11.8. The van der Waals surface area contributed by atoms with Gasteiger partial charge in [0.1, 0.15) is 9.84 Å². The molecule has 3 nitrogen and oxygen atoms in total. The molecule has 0 heterocycles. The standard InChI is InChI=1S/C15H29NO2S/c1-4-16-15(11(2)12-8-9-12)13-6-5-7-14(10-13)19(3,17)18/h11-16H,4-10H2,1-3H3. The van der Waals surface area contributed by atoms with Crippen LogP contribution in [0.4, 0.5) is 0 Å². The monoisotopic (exact) mass is 287 g/mol. The summed E-state index contributed by atoms with van der Waals surface area (Å²) in [5.41, 5.74) is 0. The van der Waals surface area contributed by atoms with Gasteiger partial charge in [-0.25, -0.2) is 8.42 Å². The minimum Gasteiger partial charge on any atom is -0.314 e. The van der Waals surface area contributed by atoms with Gasteiger partial charge in [0.15, 0.2) is 0 Å². The zero-order valence-electron chi connectivity index (χ0n) is 12.6. The fourth-order valence-electron chi connectivity index (χ4n) is 3.83. The molecule has 0 aromatic carbocycles. The summed E-state index contributed by atoms with van der Waals surface area (Å²) < 4.78 is 23.6. The number of hydrogen-bond acceptors (Lipinski definition) is 3. The second-order valence-corrected chi connectivity index (χ2v) is 8.98. The average molecular weight is 287 g/mol. The van der Waals surface area contributed by atoms with Crippen LogP contribution in [0.1, 0.15) is 52.4 Å². The minimum absolute atomic E-state index is 0.0983. The molecule has 0 saturated heterocycles. The lowest BCUT2D eigenvalue weighted by molar-refractivity contribution is 0.204. The van der Waals surface area contributed by atoms with Crippen molar-refractivity contribution < 1.29 is 8.42 Å². The molecular weight excluding hydrogens is 258 g/mol. The van der Waals surface area contributed by atoms with Crippen molar-refractivity contribution in [1.82, 2.24) is 5.32 Å². The Kier molecular flexibility index (Phi) is 4.93. The summed E-state index contributed by atoms with van der Waals surface area (Å²) in [5.74, 6) is 2.12. The molecule has 0 amide bonds. The normalized spacial score (nSPS) is 31.9. The highest BCUT2D eigenvalue weighted by Crippen LogP contribution is 2.42. The summed E-state index contributed by atoms with van der Waals surface area (Å²) in [7, 11) is -2.87. The van der Waals surface area contributed by atoms with Gasteiger partial charge in [-0.1, -0.05) is 20.3 Å². The Morgan fingerprint density at radius 2 is 1.84 bits per heavy atom. The number of sulfone groups is 1. The van der Waals surface area contributed by atoms with Crippen LogP contribution in [0.5, 0.6) is 0 Å². The van der Waals surface area contributed by atoms with Crippen LogP contribution in [0.15, 0.2) is 0 Å². The van der Waals surface area contributed by atoms with Crippen LogP contribution in [0.25, 0.3) is 0 Å². The zero-order chi connectivity index (χ0) is 14.0. The third-order valence-electron chi connectivity index (χ3n) is 5.15. The van der Waals surface area contributed by atoms with Crippen molar-refractivity contribution in [3.63, 3.8) is 0 Å². The van der Waals surface area contributed by atoms with Crippen molar-refractivity contribution in [2.75, 3.05) is 12.8 Å². The molecule has 1 N–H and O–H groups in total. The zero-order valence-corrected chi connectivity index (χ0v) is 13.4. The summed E-state index contributed by atoms with van der Waals surface area (Å²) in [6.45, 7) is 5.50. The van der Waals surface area contributed by atoms with Gasteiger partial charge in [-0.3, -0.25) is 0 Å². The van der Waals surface area contributed by atoms with E-state index < -0.39 is 9.84 Å². The van der Waals surface area contributed by atoms with Crippen molar-refractivity contribution in [2.24, 2.45) is 17.8 Å². The van der Waals surface area contributed by atoms with Crippen molar-refractivity contribution in [1.29, 1.82) is 0 Å². The van der Waals surface area contributed by atoms with Gasteiger partial charge < -0.3 is 5.32 Å². The van der Waals surface area contributed by atoms with Crippen LogP contribution >= 0.6 is 0 Å². The van der Waals surface area contributed by atoms with Crippen LogP contribution in [-0.4, -0.2) is 32.5 Å². The molecule has 2 saturated carbocycles. The molecule has 0 aromatic heterocycles. The maximum atomic E-state index is 11.8. The van der Waals surface area contributed by atoms with E-state index in [-0.39, 0.29) is 5.25 Å². The lowest BCUT2D eigenvalue weighted by Gasteiger charge is -2.37. The Morgan fingerprint density at radius 3 is 2.37 bits per heavy atom. The van der Waals surface area contributed by atoms with E-state index in [4.69, 9.17) is 0 Å². The van der Waals surface area contributed by atoms with Crippen LogP contribution in [0, 0.1) is 17.8 Å². The average Bonchev–Trinajstić information content (AvgIpc) is 3.18. The lowest BCUT2D eigenvalue weighted by Crippen LogP contribution is -2.45. The molecule has 0 aliphatic heterocycles. The molecule has 0 bridgehead atoms. The van der Waals surface area contributed by atoms with Gasteiger partial charge in [0, 0.05) is 12.3 Å². The fourth-order valence-corrected chi connectivity index (χ4v) is 5.02. The predicted octanol–water partition coefficient (Wildman–Crippen LogP) is 2.61. The van der Waals surface area contributed by atoms with Crippen molar-refractivity contribution in [3.8, 4) is 0 Å². The van der Waals surface area contributed by atoms with Gasteiger partial charge in [0.05, 0.1) is 5.25 Å². The molecule has 2 fully saturated rings. The number of rotatable bonds is 6. The Hall–Kier alpha value is -0.0900. The van der Waals surface area contributed by atoms with E-state index in [0.717, 1.165) is 31.7 Å². The third-order valence-corrected chi connectivity index (χ3v) is 6.79. The smallest absolute Gasteiger partial charge is 0.150 e. The van der Waals surface area contributed by atoms with Crippen LogP contribution in [0.2, 0.25) is 0 Å². The fraction of sp³-hybridized carbons (Fsp3) is 1.00. The second-order valence-electron chi connectivity index (χ2n) is 6.66. The summed E-state index contributed by atoms with van der Waals surface area (Å²) in [5, 5.41) is 3.55. The van der Waals surface area contributed by atoms with E-state index >= 15 is 0 Å². The van der Waals surface area contributed by atoms with Crippen molar-refractivity contribution >= 4 is 9.84 Å². The van der Waals surface area contributed by atoms with E-state index in [1.54, 1.807) is 0 Å². The van der Waals surface area contributed by atoms with Gasteiger partial charge in [-0.15, -0.1) is 0 Å². The van der Waals surface area contributed by atoms with Crippen LogP contribution in [-0.2, 0) is 9.84 Å². The van der Waals surface area contributed by atoms with Gasteiger partial charge in [-0.2, -0.15) is 0 Å². The molecule has 0 aromatic rings. The number of hydrogen-bond donors (Lipinski definition) is 1. The summed E-state index contributed by atoms with van der Waals surface area (Å²) in [6, 6.07) is 0.516. The molecule has 4 unspecified atom stereocenters. The highest BCUT2D eigenvalue weighted by molar-refractivity contribution is 7.91. The molecule has 2 rings (SSSR count). The first-order valence-electron chi connectivity index (χ1n) is 7.85. The Balaban J connectivity index is 2.03. The van der Waals surface area contributed by atoms with Crippen LogP contribution in [0.3, 0.4) is 0 Å². The molecule has 4 atom stereocenters. The summed E-state index contributed by atoms with van der Waals surface area (Å²) in [6.07, 6.45) is 8.14. The number of nitrogens with one attached hydrogen (secondary N) is 1. The molecule has 2 aliphatic carbocycles. The molecule has 0 radical (unpaired) electrons. The topological polar surface area (TPSA) is 46.2 Å². The molecule has 0 spiro atoms. The first-order chi connectivity index (χ1) is 8.93. The first-order valence-corrected chi connectivity index (χ1v) is 9.81. The van der Waals surface area contributed by atoms with E-state index in [9.17, 15) is 8.42 Å². The van der Waals surface area contributed by atoms with E-state index in [2.05, 4.69) is 19.2 Å². The quantitative estimate of drug-likeness (QED) is 0.817. The largest absolute Gasteiger partial charge is 0.314 e.